The van der Waals surface area contributed by atoms with E-state index in [1.165, 1.54) is 104 Å². The van der Waals surface area contributed by atoms with Crippen LogP contribution < -0.4 is 4.90 Å². The molecule has 0 unspecified atom stereocenters. The van der Waals surface area contributed by atoms with Crippen molar-refractivity contribution in [1.82, 2.24) is 0 Å². The summed E-state index contributed by atoms with van der Waals surface area (Å²) in [7, 11) is 0. The Bertz CT molecular complexity index is 3460. The quantitative estimate of drug-likeness (QED) is 0.162. The summed E-state index contributed by atoms with van der Waals surface area (Å²) in [5.74, 6) is 0. The van der Waals surface area contributed by atoms with Crippen LogP contribution in [0.25, 0.3) is 76.5 Å². The van der Waals surface area contributed by atoms with Crippen LogP contribution in [-0.2, 0) is 5.41 Å². The van der Waals surface area contributed by atoms with Gasteiger partial charge in [-0.15, -0.1) is 0 Å². The molecule has 0 aromatic heterocycles. The Morgan fingerprint density at radius 2 is 0.783 bits per heavy atom. The highest BCUT2D eigenvalue weighted by Gasteiger charge is 2.52. The average Bonchev–Trinajstić information content (AvgIpc) is 3.79. The van der Waals surface area contributed by atoms with Crippen LogP contribution in [-0.4, -0.2) is 0 Å². The van der Waals surface area contributed by atoms with E-state index in [0.717, 1.165) is 11.4 Å². The van der Waals surface area contributed by atoms with Crippen molar-refractivity contribution >= 4 is 60.2 Å². The van der Waals surface area contributed by atoms with Gasteiger partial charge in [0.2, 0.25) is 0 Å². The zero-order valence-electron chi connectivity index (χ0n) is 32.8. The van der Waals surface area contributed by atoms with Crippen LogP contribution in [0.4, 0.5) is 17.1 Å². The first-order valence-electron chi connectivity index (χ1n) is 20.9. The minimum absolute atomic E-state index is 0.473. The van der Waals surface area contributed by atoms with E-state index in [4.69, 9.17) is 0 Å². The number of fused-ring (bicyclic) bond motifs is 17. The van der Waals surface area contributed by atoms with Crippen molar-refractivity contribution in [3.63, 3.8) is 0 Å². The molecule has 1 heteroatoms. The molecular formula is C59H37N. The molecule has 0 atom stereocenters. The van der Waals surface area contributed by atoms with Crippen molar-refractivity contribution in [1.29, 1.82) is 0 Å². The van der Waals surface area contributed by atoms with Gasteiger partial charge in [0.1, 0.15) is 0 Å². The summed E-state index contributed by atoms with van der Waals surface area (Å²) in [4.78, 5) is 2.52. The number of benzene rings is 11. The maximum atomic E-state index is 2.52. The summed E-state index contributed by atoms with van der Waals surface area (Å²) in [6, 6.07) is 83.7. The predicted octanol–water partition coefficient (Wildman–Crippen LogP) is 15.8. The molecular weight excluding hydrogens is 723 g/mol. The molecule has 0 radical (unpaired) electrons. The van der Waals surface area contributed by atoms with Crippen LogP contribution in [0.15, 0.2) is 224 Å². The van der Waals surface area contributed by atoms with Crippen LogP contribution in [0.1, 0.15) is 22.3 Å². The van der Waals surface area contributed by atoms with Gasteiger partial charge in [0.15, 0.2) is 0 Å². The average molecular weight is 760 g/mol. The van der Waals surface area contributed by atoms with E-state index < -0.39 is 5.41 Å². The summed E-state index contributed by atoms with van der Waals surface area (Å²) in [6.45, 7) is 0. The summed E-state index contributed by atoms with van der Waals surface area (Å²) >= 11 is 0. The van der Waals surface area contributed by atoms with E-state index in [-0.39, 0.29) is 0 Å². The Morgan fingerprint density at radius 1 is 0.283 bits per heavy atom. The molecule has 0 fully saturated rings. The zero-order chi connectivity index (χ0) is 39.4. The van der Waals surface area contributed by atoms with Crippen LogP contribution in [0.3, 0.4) is 0 Å². The second kappa shape index (κ2) is 12.6. The van der Waals surface area contributed by atoms with Crippen molar-refractivity contribution in [3.8, 4) is 33.4 Å². The first-order valence-corrected chi connectivity index (χ1v) is 20.9. The Morgan fingerprint density at radius 3 is 1.45 bits per heavy atom. The molecule has 0 N–H and O–H groups in total. The maximum absolute atomic E-state index is 2.52. The van der Waals surface area contributed by atoms with Crippen LogP contribution >= 0.6 is 0 Å². The van der Waals surface area contributed by atoms with Gasteiger partial charge >= 0.3 is 0 Å². The Balaban J connectivity index is 1.13. The van der Waals surface area contributed by atoms with Gasteiger partial charge in [-0.25, -0.2) is 0 Å². The van der Waals surface area contributed by atoms with E-state index in [1.54, 1.807) is 0 Å². The van der Waals surface area contributed by atoms with Gasteiger partial charge < -0.3 is 4.90 Å². The van der Waals surface area contributed by atoms with Crippen molar-refractivity contribution in [2.45, 2.75) is 5.41 Å². The van der Waals surface area contributed by atoms with Gasteiger partial charge in [0.05, 0.1) is 11.1 Å². The molecule has 1 spiro atoms. The molecule has 1 nitrogen and oxygen atoms in total. The fraction of sp³-hybridized carbons (Fsp3) is 0.0169. The third-order valence-electron chi connectivity index (χ3n) is 13.4. The molecule has 0 heterocycles. The van der Waals surface area contributed by atoms with Crippen molar-refractivity contribution in [3.05, 3.63) is 247 Å². The van der Waals surface area contributed by atoms with E-state index >= 15 is 0 Å². The van der Waals surface area contributed by atoms with E-state index in [0.29, 0.717) is 0 Å². The lowest BCUT2D eigenvalue weighted by Gasteiger charge is -2.32. The highest BCUT2D eigenvalue weighted by molar-refractivity contribution is 6.26. The summed E-state index contributed by atoms with van der Waals surface area (Å²) in [6.07, 6.45) is 0. The Hall–Kier alpha value is -7.74. The molecule has 2 aliphatic rings. The van der Waals surface area contributed by atoms with Gasteiger partial charge in [0.25, 0.3) is 0 Å². The topological polar surface area (TPSA) is 3.24 Å². The lowest BCUT2D eigenvalue weighted by atomic mass is 9.70. The predicted molar refractivity (Wildman–Crippen MR) is 253 cm³/mol. The summed E-state index contributed by atoms with van der Waals surface area (Å²) in [5, 5.41) is 10.1. The lowest BCUT2D eigenvalue weighted by molar-refractivity contribution is 0.795. The number of anilines is 3. The third-order valence-corrected chi connectivity index (χ3v) is 13.4. The molecule has 0 saturated carbocycles. The van der Waals surface area contributed by atoms with E-state index in [9.17, 15) is 0 Å². The fourth-order valence-electron chi connectivity index (χ4n) is 10.9. The SMILES string of the molecule is c1ccc(-c2ccc(N(c3ccc4c5ccccc5c5ccccc5c4c3)c3cccc4c3-c3cc5ccccc5cc3C43c4ccccc4-c4ccccc43)cc2)cc1. The number of hydrogen-bond donors (Lipinski definition) is 0. The number of nitrogens with zero attached hydrogens (tertiary/aromatic N) is 1. The minimum atomic E-state index is -0.473. The molecule has 0 aliphatic heterocycles. The first kappa shape index (κ1) is 33.3. The molecule has 0 bridgehead atoms. The normalized spacial score (nSPS) is 13.1. The maximum Gasteiger partial charge on any atom is 0.0726 e. The van der Waals surface area contributed by atoms with Crippen molar-refractivity contribution < 1.29 is 0 Å². The van der Waals surface area contributed by atoms with Gasteiger partial charge in [-0.3, -0.25) is 0 Å². The lowest BCUT2D eigenvalue weighted by Crippen LogP contribution is -2.26. The van der Waals surface area contributed by atoms with Crippen LogP contribution in [0.5, 0.6) is 0 Å². The summed E-state index contributed by atoms with van der Waals surface area (Å²) in [5.41, 5.74) is 15.9. The molecule has 2 aliphatic carbocycles. The Labute approximate surface area is 349 Å². The zero-order valence-corrected chi connectivity index (χ0v) is 32.8. The monoisotopic (exact) mass is 759 g/mol. The molecule has 13 rings (SSSR count). The minimum Gasteiger partial charge on any atom is -0.310 e. The molecule has 0 amide bonds. The van der Waals surface area contributed by atoms with Gasteiger partial charge in [0, 0.05) is 16.9 Å². The third kappa shape index (κ3) is 4.52. The van der Waals surface area contributed by atoms with Crippen molar-refractivity contribution in [2.24, 2.45) is 0 Å². The molecule has 278 valence electrons. The van der Waals surface area contributed by atoms with Crippen LogP contribution in [0.2, 0.25) is 0 Å². The second-order valence-electron chi connectivity index (χ2n) is 16.4. The number of hydrogen-bond acceptors (Lipinski definition) is 1. The Kier molecular flexibility index (Phi) is 7.00. The second-order valence-corrected chi connectivity index (χ2v) is 16.4. The highest BCUT2D eigenvalue weighted by Crippen LogP contribution is 2.65. The molecule has 0 saturated heterocycles. The molecule has 11 aromatic rings. The van der Waals surface area contributed by atoms with Gasteiger partial charge in [-0.1, -0.05) is 182 Å². The molecule has 60 heavy (non-hydrogen) atoms. The molecule has 11 aromatic carbocycles. The smallest absolute Gasteiger partial charge is 0.0726 e. The standard InChI is InChI=1S/C59H37N/c1-2-15-38(16-3-1)39-29-31-42(32-30-39)60(43-33-34-48-46-21-7-6-19-44(46)45-20-8-9-22-47(45)51(48)37-43)57-28-14-27-55-58(57)52-35-40-17-4-5-18-41(40)36-56(52)59(55)53-25-12-10-23-49(53)50-24-11-13-26-54(50)59/h1-37H. The summed E-state index contributed by atoms with van der Waals surface area (Å²) < 4.78 is 0. The largest absolute Gasteiger partial charge is 0.310 e. The number of rotatable bonds is 4. The fourth-order valence-corrected chi connectivity index (χ4v) is 10.9. The van der Waals surface area contributed by atoms with Crippen molar-refractivity contribution in [2.75, 3.05) is 4.90 Å². The highest BCUT2D eigenvalue weighted by atomic mass is 15.1. The van der Waals surface area contributed by atoms with Crippen LogP contribution in [0, 0.1) is 0 Å². The van der Waals surface area contributed by atoms with Gasteiger partial charge in [-0.05, 0) is 136 Å². The van der Waals surface area contributed by atoms with Gasteiger partial charge in [-0.2, -0.15) is 0 Å². The van der Waals surface area contributed by atoms with E-state index in [2.05, 4.69) is 229 Å². The van der Waals surface area contributed by atoms with E-state index in [1.807, 2.05) is 0 Å². The first-order chi connectivity index (χ1) is 29.8.